The van der Waals surface area contributed by atoms with Gasteiger partial charge < -0.3 is 9.73 Å². The third-order valence-electron chi connectivity index (χ3n) is 2.96. The molecular formula is C14H15F3N2O. The maximum absolute atomic E-state index is 12.4. The standard InChI is InChI=1S/C14H15F3N2O/c1-9-10(2)20-13(19-9)8-18-7-11-3-5-12(6-4-11)14(15,16)17/h3-6,18H,7-8H2,1-2H3. The van der Waals surface area contributed by atoms with Gasteiger partial charge in [-0.1, -0.05) is 12.1 Å². The summed E-state index contributed by atoms with van der Waals surface area (Å²) in [5, 5.41) is 3.08. The SMILES string of the molecule is Cc1nc(CNCc2ccc(C(F)(F)F)cc2)oc1C. The second-order valence-corrected chi connectivity index (χ2v) is 4.55. The summed E-state index contributed by atoms with van der Waals surface area (Å²) in [6, 6.07) is 5.08. The summed E-state index contributed by atoms with van der Waals surface area (Å²) in [5.74, 6) is 1.35. The van der Waals surface area contributed by atoms with Crippen molar-refractivity contribution in [1.82, 2.24) is 10.3 Å². The van der Waals surface area contributed by atoms with Crippen LogP contribution in [0.25, 0.3) is 0 Å². The number of benzene rings is 1. The monoisotopic (exact) mass is 284 g/mol. The third kappa shape index (κ3) is 3.60. The lowest BCUT2D eigenvalue weighted by molar-refractivity contribution is -0.137. The van der Waals surface area contributed by atoms with Gasteiger partial charge in [-0.15, -0.1) is 0 Å². The van der Waals surface area contributed by atoms with E-state index in [9.17, 15) is 13.2 Å². The van der Waals surface area contributed by atoms with E-state index in [-0.39, 0.29) is 0 Å². The molecule has 1 N–H and O–H groups in total. The van der Waals surface area contributed by atoms with E-state index in [0.717, 1.165) is 29.2 Å². The first-order valence-corrected chi connectivity index (χ1v) is 6.16. The Labute approximate surface area is 114 Å². The van der Waals surface area contributed by atoms with E-state index in [4.69, 9.17) is 4.42 Å². The second kappa shape index (κ2) is 5.66. The van der Waals surface area contributed by atoms with Crippen LogP contribution in [-0.2, 0) is 19.3 Å². The van der Waals surface area contributed by atoms with Crippen LogP contribution < -0.4 is 5.32 Å². The maximum Gasteiger partial charge on any atom is 0.416 e. The van der Waals surface area contributed by atoms with Gasteiger partial charge in [0.1, 0.15) is 5.76 Å². The highest BCUT2D eigenvalue weighted by Gasteiger charge is 2.29. The summed E-state index contributed by atoms with van der Waals surface area (Å²) >= 11 is 0. The number of halogens is 3. The van der Waals surface area contributed by atoms with Gasteiger partial charge in [-0.25, -0.2) is 4.98 Å². The van der Waals surface area contributed by atoms with Gasteiger partial charge in [0.05, 0.1) is 17.8 Å². The molecule has 0 spiro atoms. The number of aryl methyl sites for hydroxylation is 2. The fourth-order valence-electron chi connectivity index (χ4n) is 1.74. The Hall–Kier alpha value is -1.82. The molecular weight excluding hydrogens is 269 g/mol. The second-order valence-electron chi connectivity index (χ2n) is 4.55. The average Bonchev–Trinajstić information content (AvgIpc) is 2.68. The van der Waals surface area contributed by atoms with Gasteiger partial charge in [0.25, 0.3) is 0 Å². The van der Waals surface area contributed by atoms with Crippen LogP contribution in [0.4, 0.5) is 13.2 Å². The summed E-state index contributed by atoms with van der Waals surface area (Å²) in [4.78, 5) is 4.21. The van der Waals surface area contributed by atoms with Crippen molar-refractivity contribution in [2.45, 2.75) is 33.1 Å². The molecule has 0 saturated heterocycles. The summed E-state index contributed by atoms with van der Waals surface area (Å²) < 4.78 is 42.6. The van der Waals surface area contributed by atoms with Crippen LogP contribution in [0, 0.1) is 13.8 Å². The quantitative estimate of drug-likeness (QED) is 0.932. The average molecular weight is 284 g/mol. The molecule has 108 valence electrons. The largest absolute Gasteiger partial charge is 0.444 e. The lowest BCUT2D eigenvalue weighted by Gasteiger charge is -2.07. The number of nitrogens with zero attached hydrogens (tertiary/aromatic N) is 1. The maximum atomic E-state index is 12.4. The highest BCUT2D eigenvalue weighted by Crippen LogP contribution is 2.29. The van der Waals surface area contributed by atoms with Gasteiger partial charge in [0.15, 0.2) is 0 Å². The summed E-state index contributed by atoms with van der Waals surface area (Å²) in [7, 11) is 0. The number of hydrogen-bond acceptors (Lipinski definition) is 3. The van der Waals surface area contributed by atoms with Crippen LogP contribution in [0.2, 0.25) is 0 Å². The minimum absolute atomic E-state index is 0.440. The first kappa shape index (κ1) is 14.6. The van der Waals surface area contributed by atoms with E-state index < -0.39 is 11.7 Å². The zero-order valence-electron chi connectivity index (χ0n) is 11.2. The van der Waals surface area contributed by atoms with Crippen molar-refractivity contribution in [1.29, 1.82) is 0 Å². The first-order valence-electron chi connectivity index (χ1n) is 6.16. The van der Waals surface area contributed by atoms with E-state index in [2.05, 4.69) is 10.3 Å². The summed E-state index contributed by atoms with van der Waals surface area (Å²) in [6.07, 6.45) is -4.29. The van der Waals surface area contributed by atoms with Crippen molar-refractivity contribution in [2.75, 3.05) is 0 Å². The summed E-state index contributed by atoms with van der Waals surface area (Å²) in [5.41, 5.74) is 0.981. The third-order valence-corrected chi connectivity index (χ3v) is 2.96. The molecule has 0 aliphatic rings. The summed E-state index contributed by atoms with van der Waals surface area (Å²) in [6.45, 7) is 4.59. The number of hydrogen-bond donors (Lipinski definition) is 1. The molecule has 0 amide bonds. The lowest BCUT2D eigenvalue weighted by atomic mass is 10.1. The van der Waals surface area contributed by atoms with Gasteiger partial charge >= 0.3 is 6.18 Å². The van der Waals surface area contributed by atoms with E-state index in [1.165, 1.54) is 12.1 Å². The molecule has 1 heterocycles. The Balaban J connectivity index is 1.88. The topological polar surface area (TPSA) is 38.1 Å². The lowest BCUT2D eigenvalue weighted by Crippen LogP contribution is -2.13. The van der Waals surface area contributed by atoms with E-state index in [1.54, 1.807) is 0 Å². The number of alkyl halides is 3. The Morgan fingerprint density at radius 1 is 1.10 bits per heavy atom. The number of nitrogens with one attached hydrogen (secondary N) is 1. The molecule has 6 heteroatoms. The Morgan fingerprint density at radius 2 is 1.75 bits per heavy atom. The first-order chi connectivity index (χ1) is 9.36. The molecule has 0 bridgehead atoms. The number of aromatic nitrogens is 1. The van der Waals surface area contributed by atoms with Gasteiger partial charge in [0.2, 0.25) is 5.89 Å². The Morgan fingerprint density at radius 3 is 2.25 bits per heavy atom. The Kier molecular flexibility index (Phi) is 4.13. The van der Waals surface area contributed by atoms with Crippen LogP contribution in [-0.4, -0.2) is 4.98 Å². The minimum Gasteiger partial charge on any atom is -0.444 e. The van der Waals surface area contributed by atoms with Crippen LogP contribution in [0.5, 0.6) is 0 Å². The molecule has 0 unspecified atom stereocenters. The predicted molar refractivity (Wildman–Crippen MR) is 68.0 cm³/mol. The van der Waals surface area contributed by atoms with Gasteiger partial charge in [-0.05, 0) is 31.5 Å². The van der Waals surface area contributed by atoms with Gasteiger partial charge in [0, 0.05) is 6.54 Å². The molecule has 0 radical (unpaired) electrons. The molecule has 3 nitrogen and oxygen atoms in total. The molecule has 1 aromatic carbocycles. The van der Waals surface area contributed by atoms with Crippen molar-refractivity contribution in [3.63, 3.8) is 0 Å². The van der Waals surface area contributed by atoms with Crippen LogP contribution in [0.3, 0.4) is 0 Å². The zero-order chi connectivity index (χ0) is 14.8. The van der Waals surface area contributed by atoms with Crippen LogP contribution in [0.15, 0.2) is 28.7 Å². The van der Waals surface area contributed by atoms with E-state index in [1.807, 2.05) is 13.8 Å². The minimum atomic E-state index is -4.29. The van der Waals surface area contributed by atoms with Gasteiger partial charge in [-0.3, -0.25) is 0 Å². The normalized spacial score (nSPS) is 11.8. The number of oxazole rings is 1. The van der Waals surface area contributed by atoms with E-state index in [0.29, 0.717) is 19.0 Å². The molecule has 2 aromatic rings. The van der Waals surface area contributed by atoms with Crippen LogP contribution in [0.1, 0.15) is 28.5 Å². The molecule has 0 fully saturated rings. The molecule has 1 aromatic heterocycles. The van der Waals surface area contributed by atoms with E-state index >= 15 is 0 Å². The zero-order valence-corrected chi connectivity index (χ0v) is 11.2. The smallest absolute Gasteiger partial charge is 0.416 e. The predicted octanol–water partition coefficient (Wildman–Crippen LogP) is 3.60. The highest BCUT2D eigenvalue weighted by molar-refractivity contribution is 5.24. The van der Waals surface area contributed by atoms with Crippen LogP contribution >= 0.6 is 0 Å². The Bertz CT molecular complexity index is 554. The molecule has 0 saturated carbocycles. The fraction of sp³-hybridized carbons (Fsp3) is 0.357. The molecule has 0 aliphatic heterocycles. The van der Waals surface area contributed by atoms with Crippen molar-refractivity contribution in [2.24, 2.45) is 0 Å². The van der Waals surface area contributed by atoms with Crippen molar-refractivity contribution in [3.05, 3.63) is 52.7 Å². The molecule has 20 heavy (non-hydrogen) atoms. The number of rotatable bonds is 4. The van der Waals surface area contributed by atoms with Crippen molar-refractivity contribution < 1.29 is 17.6 Å². The van der Waals surface area contributed by atoms with Crippen molar-refractivity contribution >= 4 is 0 Å². The van der Waals surface area contributed by atoms with Gasteiger partial charge in [-0.2, -0.15) is 13.2 Å². The van der Waals surface area contributed by atoms with Crippen molar-refractivity contribution in [3.8, 4) is 0 Å². The molecule has 0 atom stereocenters. The molecule has 0 aliphatic carbocycles. The fourth-order valence-corrected chi connectivity index (χ4v) is 1.74. The highest BCUT2D eigenvalue weighted by atomic mass is 19.4. The molecule has 2 rings (SSSR count).